The first-order valence-corrected chi connectivity index (χ1v) is 9.51. The third kappa shape index (κ3) is 15.6. The van der Waals surface area contributed by atoms with E-state index in [2.05, 4.69) is 13.8 Å². The first-order chi connectivity index (χ1) is 11.1. The summed E-state index contributed by atoms with van der Waals surface area (Å²) in [5, 5.41) is 8.94. The first-order valence-electron chi connectivity index (χ1n) is 9.51. The van der Waals surface area contributed by atoms with Crippen molar-refractivity contribution in [3.05, 3.63) is 0 Å². The maximum Gasteiger partial charge on any atom is 0.307 e. The molecular formula is C19H36O4. The molecule has 23 heavy (non-hydrogen) atoms. The van der Waals surface area contributed by atoms with E-state index in [0.29, 0.717) is 12.8 Å². The number of carboxylic acids is 1. The minimum atomic E-state index is -0.893. The number of ether oxygens (including phenoxy) is 1. The molecule has 4 heteroatoms. The van der Waals surface area contributed by atoms with Crippen molar-refractivity contribution in [2.24, 2.45) is 0 Å². The molecule has 0 aromatic heterocycles. The van der Waals surface area contributed by atoms with E-state index < -0.39 is 12.1 Å². The SMILES string of the molecule is CCCCCCCCCCC(CC(=O)O)OC(=O)CCCCC. The summed E-state index contributed by atoms with van der Waals surface area (Å²) in [5.41, 5.74) is 0. The van der Waals surface area contributed by atoms with Gasteiger partial charge in [-0.3, -0.25) is 9.59 Å². The van der Waals surface area contributed by atoms with Crippen LogP contribution < -0.4 is 0 Å². The quantitative estimate of drug-likeness (QED) is 0.301. The lowest BCUT2D eigenvalue weighted by atomic mass is 10.0. The minimum Gasteiger partial charge on any atom is -0.481 e. The van der Waals surface area contributed by atoms with E-state index in [0.717, 1.165) is 32.1 Å². The molecule has 0 aliphatic carbocycles. The molecule has 0 aliphatic heterocycles. The number of carbonyl (C=O) groups excluding carboxylic acids is 1. The molecular weight excluding hydrogens is 292 g/mol. The lowest BCUT2D eigenvalue weighted by Crippen LogP contribution is -2.21. The van der Waals surface area contributed by atoms with Gasteiger partial charge < -0.3 is 9.84 Å². The zero-order chi connectivity index (χ0) is 17.3. The summed E-state index contributed by atoms with van der Waals surface area (Å²) >= 11 is 0. The van der Waals surface area contributed by atoms with Crippen molar-refractivity contribution in [1.29, 1.82) is 0 Å². The van der Waals surface area contributed by atoms with Crippen molar-refractivity contribution in [2.45, 2.75) is 110 Å². The third-order valence-corrected chi connectivity index (χ3v) is 4.06. The summed E-state index contributed by atoms with van der Waals surface area (Å²) < 4.78 is 5.35. The summed E-state index contributed by atoms with van der Waals surface area (Å²) in [5.74, 6) is -1.14. The van der Waals surface area contributed by atoms with Crippen molar-refractivity contribution in [1.82, 2.24) is 0 Å². The van der Waals surface area contributed by atoms with E-state index in [1.54, 1.807) is 0 Å². The van der Waals surface area contributed by atoms with Gasteiger partial charge in [0.2, 0.25) is 0 Å². The van der Waals surface area contributed by atoms with Crippen molar-refractivity contribution in [2.75, 3.05) is 0 Å². The highest BCUT2D eigenvalue weighted by Crippen LogP contribution is 2.15. The van der Waals surface area contributed by atoms with Gasteiger partial charge in [0.1, 0.15) is 6.10 Å². The minimum absolute atomic E-state index is 0.0734. The Morgan fingerprint density at radius 3 is 1.91 bits per heavy atom. The lowest BCUT2D eigenvalue weighted by molar-refractivity contribution is -0.153. The molecule has 0 aromatic carbocycles. The second kappa shape index (κ2) is 15.8. The van der Waals surface area contributed by atoms with Crippen LogP contribution in [0.2, 0.25) is 0 Å². The zero-order valence-corrected chi connectivity index (χ0v) is 15.1. The number of hydrogen-bond acceptors (Lipinski definition) is 3. The van der Waals surface area contributed by atoms with Crippen LogP contribution in [0.1, 0.15) is 104 Å². The van der Waals surface area contributed by atoms with E-state index in [-0.39, 0.29) is 12.4 Å². The summed E-state index contributed by atoms with van der Waals surface area (Å²) in [6.07, 6.45) is 13.1. The van der Waals surface area contributed by atoms with Crippen LogP contribution in [0.4, 0.5) is 0 Å². The van der Waals surface area contributed by atoms with Gasteiger partial charge in [-0.25, -0.2) is 0 Å². The van der Waals surface area contributed by atoms with Gasteiger partial charge in [0.15, 0.2) is 0 Å². The largest absolute Gasteiger partial charge is 0.481 e. The topological polar surface area (TPSA) is 63.6 Å². The molecule has 0 spiro atoms. The summed E-state index contributed by atoms with van der Waals surface area (Å²) in [7, 11) is 0. The molecule has 0 aliphatic rings. The molecule has 1 N–H and O–H groups in total. The van der Waals surface area contributed by atoms with Crippen LogP contribution in [-0.4, -0.2) is 23.1 Å². The zero-order valence-electron chi connectivity index (χ0n) is 15.1. The standard InChI is InChI=1S/C19H36O4/c1-3-5-7-8-9-10-11-13-14-17(16-18(20)21)23-19(22)15-12-6-4-2/h17H,3-16H2,1-2H3,(H,20,21). The van der Waals surface area contributed by atoms with Gasteiger partial charge in [-0.1, -0.05) is 71.6 Å². The van der Waals surface area contributed by atoms with Crippen molar-refractivity contribution in [3.8, 4) is 0 Å². The molecule has 0 aromatic rings. The first kappa shape index (κ1) is 21.9. The van der Waals surface area contributed by atoms with Gasteiger partial charge in [-0.2, -0.15) is 0 Å². The second-order valence-electron chi connectivity index (χ2n) is 6.43. The van der Waals surface area contributed by atoms with E-state index in [9.17, 15) is 9.59 Å². The van der Waals surface area contributed by atoms with Crippen molar-refractivity contribution >= 4 is 11.9 Å². The fraction of sp³-hybridized carbons (Fsp3) is 0.895. The highest BCUT2D eigenvalue weighted by atomic mass is 16.5. The molecule has 0 bridgehead atoms. The van der Waals surface area contributed by atoms with E-state index >= 15 is 0 Å². The Morgan fingerprint density at radius 1 is 0.826 bits per heavy atom. The van der Waals surface area contributed by atoms with Crippen LogP contribution in [-0.2, 0) is 14.3 Å². The van der Waals surface area contributed by atoms with Crippen molar-refractivity contribution < 1.29 is 19.4 Å². The van der Waals surface area contributed by atoms with E-state index in [1.807, 2.05) is 0 Å². The highest BCUT2D eigenvalue weighted by molar-refractivity contribution is 5.71. The van der Waals surface area contributed by atoms with E-state index in [1.165, 1.54) is 38.5 Å². The van der Waals surface area contributed by atoms with Crippen LogP contribution in [0.25, 0.3) is 0 Å². The average molecular weight is 328 g/mol. The number of unbranched alkanes of at least 4 members (excludes halogenated alkanes) is 9. The smallest absolute Gasteiger partial charge is 0.307 e. The summed E-state index contributed by atoms with van der Waals surface area (Å²) in [4.78, 5) is 22.6. The lowest BCUT2D eigenvalue weighted by Gasteiger charge is -2.16. The Balaban J connectivity index is 3.83. The predicted octanol–water partition coefficient (Wildman–Crippen LogP) is 5.48. The third-order valence-electron chi connectivity index (χ3n) is 4.06. The fourth-order valence-corrected chi connectivity index (χ4v) is 2.67. The van der Waals surface area contributed by atoms with Gasteiger partial charge in [-0.15, -0.1) is 0 Å². The molecule has 136 valence electrons. The number of aliphatic carboxylic acids is 1. The summed E-state index contributed by atoms with van der Waals surface area (Å²) in [6.45, 7) is 4.30. The Kier molecular flexibility index (Phi) is 15.1. The second-order valence-corrected chi connectivity index (χ2v) is 6.43. The molecule has 0 saturated carbocycles. The molecule has 1 atom stereocenters. The number of hydrogen-bond donors (Lipinski definition) is 1. The number of carboxylic acid groups (broad SMARTS) is 1. The number of rotatable bonds is 16. The molecule has 4 nitrogen and oxygen atoms in total. The maximum absolute atomic E-state index is 11.7. The number of carbonyl (C=O) groups is 2. The molecule has 0 fully saturated rings. The van der Waals surface area contributed by atoms with Gasteiger partial charge >= 0.3 is 11.9 Å². The highest BCUT2D eigenvalue weighted by Gasteiger charge is 2.17. The Bertz CT molecular complexity index is 302. The Morgan fingerprint density at radius 2 is 1.35 bits per heavy atom. The normalized spacial score (nSPS) is 12.1. The molecule has 0 saturated heterocycles. The van der Waals surface area contributed by atoms with Gasteiger partial charge in [-0.05, 0) is 19.3 Å². The van der Waals surface area contributed by atoms with E-state index in [4.69, 9.17) is 9.84 Å². The van der Waals surface area contributed by atoms with Gasteiger partial charge in [0.25, 0.3) is 0 Å². The maximum atomic E-state index is 11.7. The van der Waals surface area contributed by atoms with Gasteiger partial charge in [0, 0.05) is 6.42 Å². The summed E-state index contributed by atoms with van der Waals surface area (Å²) in [6, 6.07) is 0. The fourth-order valence-electron chi connectivity index (χ4n) is 2.67. The molecule has 0 amide bonds. The van der Waals surface area contributed by atoms with Crippen LogP contribution in [0.15, 0.2) is 0 Å². The van der Waals surface area contributed by atoms with Crippen LogP contribution in [0.5, 0.6) is 0 Å². The number of esters is 1. The Hall–Kier alpha value is -1.06. The van der Waals surface area contributed by atoms with Gasteiger partial charge in [0.05, 0.1) is 6.42 Å². The molecule has 1 unspecified atom stereocenters. The monoisotopic (exact) mass is 328 g/mol. The van der Waals surface area contributed by atoms with Crippen LogP contribution in [0.3, 0.4) is 0 Å². The van der Waals surface area contributed by atoms with Crippen molar-refractivity contribution in [3.63, 3.8) is 0 Å². The van der Waals surface area contributed by atoms with Crippen LogP contribution in [0, 0.1) is 0 Å². The predicted molar refractivity (Wildman–Crippen MR) is 93.5 cm³/mol. The Labute approximate surface area is 142 Å². The van der Waals surface area contributed by atoms with Crippen LogP contribution >= 0.6 is 0 Å². The molecule has 0 radical (unpaired) electrons. The molecule has 0 rings (SSSR count). The average Bonchev–Trinajstić information content (AvgIpc) is 2.49. The molecule has 0 heterocycles.